The van der Waals surface area contributed by atoms with Gasteiger partial charge in [0.25, 0.3) is 0 Å². The summed E-state index contributed by atoms with van der Waals surface area (Å²) in [5, 5.41) is 3.28. The van der Waals surface area contributed by atoms with Crippen LogP contribution in [0.3, 0.4) is 0 Å². The van der Waals surface area contributed by atoms with E-state index in [0.29, 0.717) is 0 Å². The van der Waals surface area contributed by atoms with Crippen molar-refractivity contribution in [1.82, 2.24) is 4.98 Å². The first-order chi connectivity index (χ1) is 7.65. The lowest BCUT2D eigenvalue weighted by molar-refractivity contribution is 1.18. The molecule has 0 atom stereocenters. The molecule has 0 aliphatic heterocycles. The van der Waals surface area contributed by atoms with E-state index in [2.05, 4.69) is 45.3 Å². The number of rotatable bonds is 2. The quantitative estimate of drug-likeness (QED) is 0.889. The summed E-state index contributed by atoms with van der Waals surface area (Å²) in [6, 6.07) is 12.2. The third-order valence-corrected chi connectivity index (χ3v) is 3.15. The Morgan fingerprint density at radius 3 is 2.62 bits per heavy atom. The van der Waals surface area contributed by atoms with E-state index < -0.39 is 0 Å². The molecule has 16 heavy (non-hydrogen) atoms. The third kappa shape index (κ3) is 2.61. The van der Waals surface area contributed by atoms with E-state index in [1.807, 2.05) is 31.2 Å². The number of halogens is 1. The van der Waals surface area contributed by atoms with Gasteiger partial charge in [0.05, 0.1) is 5.69 Å². The maximum atomic E-state index is 4.44. The summed E-state index contributed by atoms with van der Waals surface area (Å²) in [4.78, 5) is 4.44. The summed E-state index contributed by atoms with van der Waals surface area (Å²) in [6.45, 7) is 4.05. The molecule has 3 heteroatoms. The molecule has 0 aliphatic rings. The molecule has 0 saturated heterocycles. The lowest BCUT2D eigenvalue weighted by Gasteiger charge is -2.07. The van der Waals surface area contributed by atoms with Gasteiger partial charge >= 0.3 is 0 Å². The summed E-state index contributed by atoms with van der Waals surface area (Å²) in [7, 11) is 0. The van der Waals surface area contributed by atoms with Crippen molar-refractivity contribution in [2.75, 3.05) is 5.32 Å². The predicted octanol–water partition coefficient (Wildman–Crippen LogP) is 4.20. The number of pyridine rings is 1. The Morgan fingerprint density at radius 1 is 1.12 bits per heavy atom. The molecule has 0 unspecified atom stereocenters. The number of anilines is 2. The molecule has 82 valence electrons. The van der Waals surface area contributed by atoms with Crippen LogP contribution in [0.25, 0.3) is 0 Å². The van der Waals surface area contributed by atoms with E-state index in [0.717, 1.165) is 21.7 Å². The number of nitrogens with one attached hydrogen (secondary N) is 1. The fourth-order valence-corrected chi connectivity index (χ4v) is 1.71. The minimum Gasteiger partial charge on any atom is -0.340 e. The highest BCUT2D eigenvalue weighted by molar-refractivity contribution is 9.10. The van der Waals surface area contributed by atoms with Gasteiger partial charge in [0.1, 0.15) is 5.82 Å². The van der Waals surface area contributed by atoms with E-state index in [4.69, 9.17) is 0 Å². The van der Waals surface area contributed by atoms with Gasteiger partial charge in [-0.05, 0) is 59.6 Å². The average Bonchev–Trinajstić information content (AvgIpc) is 2.24. The zero-order valence-electron chi connectivity index (χ0n) is 9.29. The van der Waals surface area contributed by atoms with E-state index in [-0.39, 0.29) is 0 Å². The van der Waals surface area contributed by atoms with Crippen molar-refractivity contribution >= 4 is 27.4 Å². The van der Waals surface area contributed by atoms with Crippen LogP contribution in [0.1, 0.15) is 11.3 Å². The lowest BCUT2D eigenvalue weighted by Crippen LogP contribution is -1.95. The van der Waals surface area contributed by atoms with Gasteiger partial charge in [0.2, 0.25) is 0 Å². The summed E-state index contributed by atoms with van der Waals surface area (Å²) in [6.07, 6.45) is 0. The van der Waals surface area contributed by atoms with Crippen LogP contribution in [0.5, 0.6) is 0 Å². The molecule has 1 N–H and O–H groups in total. The zero-order chi connectivity index (χ0) is 11.5. The van der Waals surface area contributed by atoms with Crippen LogP contribution in [0.15, 0.2) is 40.9 Å². The standard InChI is InChI=1S/C13H13BrN2/c1-9-4-3-5-11(8-9)16-13-7-6-12(14)10(2)15-13/h3-8H,1-2H3,(H,15,16). The Morgan fingerprint density at radius 2 is 1.94 bits per heavy atom. The third-order valence-electron chi connectivity index (χ3n) is 2.31. The van der Waals surface area contributed by atoms with Gasteiger partial charge < -0.3 is 5.32 Å². The summed E-state index contributed by atoms with van der Waals surface area (Å²) < 4.78 is 1.03. The first-order valence-electron chi connectivity index (χ1n) is 5.12. The lowest BCUT2D eigenvalue weighted by atomic mass is 10.2. The fraction of sp³-hybridized carbons (Fsp3) is 0.154. The second-order valence-corrected chi connectivity index (χ2v) is 4.61. The largest absolute Gasteiger partial charge is 0.340 e. The Balaban J connectivity index is 2.24. The number of aryl methyl sites for hydroxylation is 2. The molecule has 0 fully saturated rings. The normalized spacial score (nSPS) is 10.2. The minimum absolute atomic E-state index is 0.867. The summed E-state index contributed by atoms with van der Waals surface area (Å²) in [5.74, 6) is 0.867. The van der Waals surface area contributed by atoms with E-state index in [1.54, 1.807) is 0 Å². The average molecular weight is 277 g/mol. The van der Waals surface area contributed by atoms with Gasteiger partial charge in [0, 0.05) is 10.2 Å². The van der Waals surface area contributed by atoms with Gasteiger partial charge in [-0.3, -0.25) is 0 Å². The SMILES string of the molecule is Cc1cccc(Nc2ccc(Br)c(C)n2)c1. The van der Waals surface area contributed by atoms with Crippen molar-refractivity contribution in [2.45, 2.75) is 13.8 Å². The molecule has 0 aliphatic carbocycles. The van der Waals surface area contributed by atoms with Crippen LogP contribution in [0.4, 0.5) is 11.5 Å². The van der Waals surface area contributed by atoms with Crippen LogP contribution in [-0.2, 0) is 0 Å². The molecule has 2 rings (SSSR count). The highest BCUT2D eigenvalue weighted by Gasteiger charge is 1.99. The van der Waals surface area contributed by atoms with Crippen molar-refractivity contribution in [3.63, 3.8) is 0 Å². The van der Waals surface area contributed by atoms with Gasteiger partial charge in [-0.15, -0.1) is 0 Å². The van der Waals surface area contributed by atoms with Crippen LogP contribution in [0.2, 0.25) is 0 Å². The smallest absolute Gasteiger partial charge is 0.130 e. The molecule has 0 radical (unpaired) electrons. The second kappa shape index (κ2) is 4.66. The van der Waals surface area contributed by atoms with Crippen molar-refractivity contribution in [2.24, 2.45) is 0 Å². The zero-order valence-corrected chi connectivity index (χ0v) is 10.9. The number of hydrogen-bond donors (Lipinski definition) is 1. The highest BCUT2D eigenvalue weighted by atomic mass is 79.9. The molecular formula is C13H13BrN2. The highest BCUT2D eigenvalue weighted by Crippen LogP contribution is 2.20. The Hall–Kier alpha value is -1.35. The van der Waals surface area contributed by atoms with Crippen molar-refractivity contribution in [3.8, 4) is 0 Å². The first-order valence-corrected chi connectivity index (χ1v) is 5.91. The van der Waals surface area contributed by atoms with Crippen molar-refractivity contribution in [3.05, 3.63) is 52.1 Å². The molecule has 2 nitrogen and oxygen atoms in total. The summed E-state index contributed by atoms with van der Waals surface area (Å²) in [5.41, 5.74) is 3.28. The first kappa shape index (κ1) is 11.1. The molecule has 0 bridgehead atoms. The van der Waals surface area contributed by atoms with Crippen LogP contribution < -0.4 is 5.32 Å². The van der Waals surface area contributed by atoms with Crippen LogP contribution >= 0.6 is 15.9 Å². The second-order valence-electron chi connectivity index (χ2n) is 3.76. The fourth-order valence-electron chi connectivity index (χ4n) is 1.48. The van der Waals surface area contributed by atoms with E-state index in [1.165, 1.54) is 5.56 Å². The van der Waals surface area contributed by atoms with Crippen LogP contribution in [0, 0.1) is 13.8 Å². The molecule has 1 heterocycles. The predicted molar refractivity (Wildman–Crippen MR) is 71.1 cm³/mol. The molecule has 2 aromatic rings. The molecule has 1 aromatic carbocycles. The number of nitrogens with zero attached hydrogens (tertiary/aromatic N) is 1. The van der Waals surface area contributed by atoms with Gasteiger partial charge in [-0.1, -0.05) is 12.1 Å². The number of benzene rings is 1. The monoisotopic (exact) mass is 276 g/mol. The Bertz CT molecular complexity index is 509. The molecule has 0 spiro atoms. The maximum absolute atomic E-state index is 4.44. The molecule has 0 saturated carbocycles. The molecule has 1 aromatic heterocycles. The number of aromatic nitrogens is 1. The van der Waals surface area contributed by atoms with Crippen molar-refractivity contribution < 1.29 is 0 Å². The van der Waals surface area contributed by atoms with Gasteiger partial charge in [-0.25, -0.2) is 4.98 Å². The van der Waals surface area contributed by atoms with E-state index >= 15 is 0 Å². The van der Waals surface area contributed by atoms with Gasteiger partial charge in [0.15, 0.2) is 0 Å². The van der Waals surface area contributed by atoms with Crippen molar-refractivity contribution in [1.29, 1.82) is 0 Å². The molecule has 0 amide bonds. The molecular weight excluding hydrogens is 264 g/mol. The van der Waals surface area contributed by atoms with E-state index in [9.17, 15) is 0 Å². The maximum Gasteiger partial charge on any atom is 0.130 e. The van der Waals surface area contributed by atoms with Crippen LogP contribution in [-0.4, -0.2) is 4.98 Å². The minimum atomic E-state index is 0.867. The summed E-state index contributed by atoms with van der Waals surface area (Å²) >= 11 is 3.44. The Labute approximate surface area is 104 Å². The Kier molecular flexibility index (Phi) is 3.25. The van der Waals surface area contributed by atoms with Gasteiger partial charge in [-0.2, -0.15) is 0 Å². The number of hydrogen-bond acceptors (Lipinski definition) is 2. The topological polar surface area (TPSA) is 24.9 Å².